The van der Waals surface area contributed by atoms with Crippen molar-refractivity contribution in [3.05, 3.63) is 70.0 Å². The van der Waals surface area contributed by atoms with Gasteiger partial charge in [0.25, 0.3) is 11.6 Å². The molecule has 1 saturated heterocycles. The van der Waals surface area contributed by atoms with Crippen LogP contribution in [0.1, 0.15) is 35.1 Å². The molecule has 0 saturated carbocycles. The number of benzene rings is 2. The molecule has 1 amide bonds. The molecule has 2 aromatic carbocycles. The summed E-state index contributed by atoms with van der Waals surface area (Å²) < 4.78 is 0. The fourth-order valence-corrected chi connectivity index (χ4v) is 3.34. The quantitative estimate of drug-likeness (QED) is 0.586. The van der Waals surface area contributed by atoms with Crippen LogP contribution in [0.5, 0.6) is 0 Å². The molecule has 0 unspecified atom stereocenters. The van der Waals surface area contributed by atoms with Crippen molar-refractivity contribution >= 4 is 22.6 Å². The third kappa shape index (κ3) is 2.73. The highest BCUT2D eigenvalue weighted by atomic mass is 16.6. The van der Waals surface area contributed by atoms with E-state index in [0.29, 0.717) is 12.1 Å². The number of non-ortho nitro benzene ring substituents is 1. The molecule has 25 heavy (non-hydrogen) atoms. The lowest BCUT2D eigenvalue weighted by molar-refractivity contribution is -0.384. The number of fused-ring (bicyclic) bond motifs is 1. The van der Waals surface area contributed by atoms with Crippen molar-refractivity contribution in [1.82, 2.24) is 14.9 Å². The van der Waals surface area contributed by atoms with E-state index < -0.39 is 4.92 Å². The number of amides is 1. The minimum atomic E-state index is -0.489. The maximum absolute atomic E-state index is 12.9. The Morgan fingerprint density at radius 2 is 2.08 bits per heavy atom. The summed E-state index contributed by atoms with van der Waals surface area (Å²) in [5, 5.41) is 10.9. The van der Waals surface area contributed by atoms with E-state index in [1.807, 2.05) is 24.3 Å². The summed E-state index contributed by atoms with van der Waals surface area (Å²) in [5.74, 6) is 0.559. The number of nitrogens with zero attached hydrogens (tertiary/aromatic N) is 3. The lowest BCUT2D eigenvalue weighted by Gasteiger charge is -2.23. The molecule has 0 spiro atoms. The largest absolute Gasteiger partial charge is 0.340 e. The highest BCUT2D eigenvalue weighted by molar-refractivity contribution is 5.95. The summed E-state index contributed by atoms with van der Waals surface area (Å²) in [4.78, 5) is 33.0. The van der Waals surface area contributed by atoms with E-state index in [0.717, 1.165) is 29.7 Å². The number of carbonyl (C=O) groups is 1. The van der Waals surface area contributed by atoms with Crippen molar-refractivity contribution in [2.45, 2.75) is 18.9 Å². The van der Waals surface area contributed by atoms with E-state index in [2.05, 4.69) is 9.97 Å². The van der Waals surface area contributed by atoms with Gasteiger partial charge in [-0.15, -0.1) is 0 Å². The van der Waals surface area contributed by atoms with Crippen LogP contribution in [0.2, 0.25) is 0 Å². The lowest BCUT2D eigenvalue weighted by atomic mass is 10.1. The molecular weight excluding hydrogens is 320 g/mol. The van der Waals surface area contributed by atoms with E-state index >= 15 is 0 Å². The average Bonchev–Trinajstić information content (AvgIpc) is 3.27. The fourth-order valence-electron chi connectivity index (χ4n) is 3.34. The average molecular weight is 336 g/mol. The van der Waals surface area contributed by atoms with Crippen LogP contribution in [0, 0.1) is 10.1 Å². The van der Waals surface area contributed by atoms with Gasteiger partial charge in [0.15, 0.2) is 0 Å². The predicted octanol–water partition coefficient (Wildman–Crippen LogP) is 3.45. The number of hydrogen-bond acceptors (Lipinski definition) is 4. The molecule has 1 atom stereocenters. The van der Waals surface area contributed by atoms with Crippen molar-refractivity contribution in [1.29, 1.82) is 0 Å². The first kappa shape index (κ1) is 15.3. The summed E-state index contributed by atoms with van der Waals surface area (Å²) in [5.41, 5.74) is 2.06. The maximum Gasteiger partial charge on any atom is 0.270 e. The second kappa shape index (κ2) is 6.01. The summed E-state index contributed by atoms with van der Waals surface area (Å²) >= 11 is 0. The number of hydrogen-bond donors (Lipinski definition) is 1. The minimum Gasteiger partial charge on any atom is -0.340 e. The molecule has 4 rings (SSSR count). The van der Waals surface area contributed by atoms with Gasteiger partial charge >= 0.3 is 0 Å². The molecule has 7 heteroatoms. The SMILES string of the molecule is O=C(c1cccc([N+](=O)[O-])c1)N1CCC[C@H]1c1nc2ccccc2[nH]1. The van der Waals surface area contributed by atoms with Gasteiger partial charge in [-0.05, 0) is 31.0 Å². The van der Waals surface area contributed by atoms with Crippen LogP contribution in [0.4, 0.5) is 5.69 Å². The van der Waals surface area contributed by atoms with Crippen LogP contribution in [-0.2, 0) is 0 Å². The third-order valence-corrected chi connectivity index (χ3v) is 4.54. The Morgan fingerprint density at radius 3 is 2.88 bits per heavy atom. The number of para-hydroxylation sites is 2. The summed E-state index contributed by atoms with van der Waals surface area (Å²) in [7, 11) is 0. The molecule has 0 aliphatic carbocycles. The monoisotopic (exact) mass is 336 g/mol. The number of aromatic nitrogens is 2. The predicted molar refractivity (Wildman–Crippen MR) is 92.2 cm³/mol. The summed E-state index contributed by atoms with van der Waals surface area (Å²) in [6.45, 7) is 0.614. The number of likely N-dealkylation sites (tertiary alicyclic amines) is 1. The third-order valence-electron chi connectivity index (χ3n) is 4.54. The lowest BCUT2D eigenvalue weighted by Crippen LogP contribution is -2.31. The number of nitrogens with one attached hydrogen (secondary N) is 1. The van der Waals surface area contributed by atoms with Gasteiger partial charge < -0.3 is 9.88 Å². The first-order chi connectivity index (χ1) is 12.1. The molecule has 0 bridgehead atoms. The zero-order valence-electron chi connectivity index (χ0n) is 13.4. The number of nitro groups is 1. The van der Waals surface area contributed by atoms with Crippen molar-refractivity contribution < 1.29 is 9.72 Å². The van der Waals surface area contributed by atoms with Crippen LogP contribution < -0.4 is 0 Å². The Kier molecular flexibility index (Phi) is 3.68. The van der Waals surface area contributed by atoms with Crippen molar-refractivity contribution in [2.24, 2.45) is 0 Å². The smallest absolute Gasteiger partial charge is 0.270 e. The van der Waals surface area contributed by atoms with E-state index in [1.165, 1.54) is 18.2 Å². The van der Waals surface area contributed by atoms with E-state index in [1.54, 1.807) is 11.0 Å². The number of H-pyrrole nitrogens is 1. The highest BCUT2D eigenvalue weighted by Gasteiger charge is 2.33. The van der Waals surface area contributed by atoms with Crippen LogP contribution in [-0.4, -0.2) is 32.2 Å². The summed E-state index contributed by atoms with van der Waals surface area (Å²) in [6.07, 6.45) is 1.70. The van der Waals surface area contributed by atoms with Crippen molar-refractivity contribution in [3.8, 4) is 0 Å². The van der Waals surface area contributed by atoms with Crippen LogP contribution in [0.25, 0.3) is 11.0 Å². The van der Waals surface area contributed by atoms with Crippen LogP contribution in [0.15, 0.2) is 48.5 Å². The molecule has 1 aromatic heterocycles. The van der Waals surface area contributed by atoms with Gasteiger partial charge in [-0.2, -0.15) is 0 Å². The molecule has 126 valence electrons. The maximum atomic E-state index is 12.9. The molecule has 7 nitrogen and oxygen atoms in total. The van der Waals surface area contributed by atoms with Crippen molar-refractivity contribution in [2.75, 3.05) is 6.54 Å². The zero-order valence-corrected chi connectivity index (χ0v) is 13.4. The minimum absolute atomic E-state index is 0.0784. The van der Waals surface area contributed by atoms with E-state index in [4.69, 9.17) is 0 Å². The van der Waals surface area contributed by atoms with E-state index in [-0.39, 0.29) is 17.6 Å². The van der Waals surface area contributed by atoms with Gasteiger partial charge in [-0.25, -0.2) is 4.98 Å². The Balaban J connectivity index is 1.65. The van der Waals surface area contributed by atoms with Gasteiger partial charge in [-0.3, -0.25) is 14.9 Å². The molecule has 3 aromatic rings. The van der Waals surface area contributed by atoms with E-state index in [9.17, 15) is 14.9 Å². The molecule has 2 heterocycles. The number of imidazole rings is 1. The highest BCUT2D eigenvalue weighted by Crippen LogP contribution is 2.33. The van der Waals surface area contributed by atoms with Crippen LogP contribution >= 0.6 is 0 Å². The standard InChI is InChI=1S/C18H16N4O3/c23-18(12-5-3-6-13(11-12)22(24)25)21-10-4-9-16(21)17-19-14-7-1-2-8-15(14)20-17/h1-3,5-8,11,16H,4,9-10H2,(H,19,20)/t16-/m0/s1. The van der Waals surface area contributed by atoms with Gasteiger partial charge in [0.05, 0.1) is 22.0 Å². The molecule has 0 radical (unpaired) electrons. The first-order valence-corrected chi connectivity index (χ1v) is 8.13. The Labute approximate surface area is 143 Å². The number of rotatable bonds is 3. The Morgan fingerprint density at radius 1 is 1.24 bits per heavy atom. The normalized spacial score (nSPS) is 17.1. The molecular formula is C18H16N4O3. The van der Waals surface area contributed by atoms with Gasteiger partial charge in [0, 0.05) is 24.2 Å². The molecule has 1 N–H and O–H groups in total. The second-order valence-electron chi connectivity index (χ2n) is 6.10. The number of nitro benzene ring substituents is 1. The van der Waals surface area contributed by atoms with Crippen LogP contribution in [0.3, 0.4) is 0 Å². The van der Waals surface area contributed by atoms with Gasteiger partial charge in [0.2, 0.25) is 0 Å². The van der Waals surface area contributed by atoms with Gasteiger partial charge in [0.1, 0.15) is 5.82 Å². The van der Waals surface area contributed by atoms with Gasteiger partial charge in [-0.1, -0.05) is 18.2 Å². The topological polar surface area (TPSA) is 92.1 Å². The van der Waals surface area contributed by atoms with Crippen molar-refractivity contribution in [3.63, 3.8) is 0 Å². The summed E-state index contributed by atoms with van der Waals surface area (Å²) in [6, 6.07) is 13.5. The molecule has 1 aliphatic rings. The molecule has 1 fully saturated rings. The number of carbonyl (C=O) groups excluding carboxylic acids is 1. The Bertz CT molecular complexity index is 933. The fraction of sp³-hybridized carbons (Fsp3) is 0.222. The Hall–Kier alpha value is -3.22. The number of aromatic amines is 1. The second-order valence-corrected chi connectivity index (χ2v) is 6.10. The zero-order chi connectivity index (χ0) is 17.4. The molecule has 1 aliphatic heterocycles. The first-order valence-electron chi connectivity index (χ1n) is 8.13.